The zero-order chi connectivity index (χ0) is 13.4. The van der Waals surface area contributed by atoms with Crippen LogP contribution in [0.25, 0.3) is 0 Å². The maximum atomic E-state index is 9.06. The molecule has 0 saturated heterocycles. The van der Waals surface area contributed by atoms with Crippen LogP contribution in [-0.2, 0) is 6.42 Å². The number of nitrogens with zero attached hydrogens (tertiary/aromatic N) is 3. The van der Waals surface area contributed by atoms with Gasteiger partial charge in [0.25, 0.3) is 0 Å². The van der Waals surface area contributed by atoms with E-state index in [9.17, 15) is 0 Å². The molecule has 0 atom stereocenters. The third-order valence-electron chi connectivity index (χ3n) is 2.90. The van der Waals surface area contributed by atoms with Crippen LogP contribution in [0, 0.1) is 34.0 Å². The van der Waals surface area contributed by atoms with Crippen LogP contribution in [0.2, 0.25) is 0 Å². The molecule has 0 saturated carbocycles. The summed E-state index contributed by atoms with van der Waals surface area (Å²) in [6, 6.07) is 9.27. The van der Waals surface area contributed by atoms with Gasteiger partial charge in [0, 0.05) is 0 Å². The lowest BCUT2D eigenvalue weighted by Gasteiger charge is -2.05. The lowest BCUT2D eigenvalue weighted by Crippen LogP contribution is -1.95. The molecule has 0 heterocycles. The van der Waals surface area contributed by atoms with Crippen molar-refractivity contribution >= 4 is 0 Å². The van der Waals surface area contributed by atoms with Crippen molar-refractivity contribution in [3.63, 3.8) is 0 Å². The molecule has 3 nitrogen and oxygen atoms in total. The molecule has 0 radical (unpaired) electrons. The lowest BCUT2D eigenvalue weighted by atomic mass is 9.96. The van der Waals surface area contributed by atoms with Crippen LogP contribution in [-0.4, -0.2) is 0 Å². The third-order valence-corrected chi connectivity index (χ3v) is 2.90. The summed E-state index contributed by atoms with van der Waals surface area (Å²) in [5.74, 6) is 0. The number of unbranched alkanes of at least 4 members (excludes halogenated alkanes) is 3. The standard InChI is InChI=1S/C15H15N3/c1-2-3-4-5-6-12-7-14(10-17)15(11-18)8-13(12)9-16/h7-8H,2-6H2,1H3. The Hall–Kier alpha value is -2.31. The van der Waals surface area contributed by atoms with Gasteiger partial charge in [-0.15, -0.1) is 0 Å². The number of aryl methyl sites for hydroxylation is 1. The predicted molar refractivity (Wildman–Crippen MR) is 68.4 cm³/mol. The van der Waals surface area contributed by atoms with E-state index >= 15 is 0 Å². The highest BCUT2D eigenvalue weighted by Crippen LogP contribution is 2.18. The van der Waals surface area contributed by atoms with E-state index in [1.807, 2.05) is 12.1 Å². The summed E-state index contributed by atoms with van der Waals surface area (Å²) in [7, 11) is 0. The van der Waals surface area contributed by atoms with Crippen molar-refractivity contribution in [2.45, 2.75) is 39.0 Å². The number of nitriles is 3. The molecular weight excluding hydrogens is 222 g/mol. The summed E-state index contributed by atoms with van der Waals surface area (Å²) >= 11 is 0. The first kappa shape index (κ1) is 13.8. The van der Waals surface area contributed by atoms with Crippen molar-refractivity contribution in [1.82, 2.24) is 0 Å². The van der Waals surface area contributed by atoms with Crippen molar-refractivity contribution < 1.29 is 0 Å². The summed E-state index contributed by atoms with van der Waals surface area (Å²) in [5, 5.41) is 26.9. The maximum Gasteiger partial charge on any atom is 0.101 e. The Balaban J connectivity index is 2.95. The summed E-state index contributed by atoms with van der Waals surface area (Å²) in [4.78, 5) is 0. The quantitative estimate of drug-likeness (QED) is 0.736. The molecule has 0 aliphatic rings. The van der Waals surface area contributed by atoms with Crippen molar-refractivity contribution in [2.24, 2.45) is 0 Å². The van der Waals surface area contributed by atoms with Crippen LogP contribution in [0.1, 0.15) is 54.9 Å². The van der Waals surface area contributed by atoms with Gasteiger partial charge in [-0.05, 0) is 30.5 Å². The highest BCUT2D eigenvalue weighted by molar-refractivity contribution is 5.53. The molecule has 1 aromatic carbocycles. The molecular formula is C15H15N3. The molecule has 0 fully saturated rings. The average molecular weight is 237 g/mol. The Kier molecular flexibility index (Phi) is 5.43. The van der Waals surface area contributed by atoms with E-state index in [1.54, 1.807) is 6.07 Å². The first-order chi connectivity index (χ1) is 8.76. The molecule has 0 bridgehead atoms. The Bertz CT molecular complexity index is 539. The summed E-state index contributed by atoms with van der Waals surface area (Å²) in [6.07, 6.45) is 5.29. The Morgan fingerprint density at radius 3 is 2.00 bits per heavy atom. The minimum Gasteiger partial charge on any atom is -0.192 e. The molecule has 0 spiro atoms. The maximum absolute atomic E-state index is 9.06. The zero-order valence-corrected chi connectivity index (χ0v) is 10.5. The molecule has 0 aliphatic heterocycles. The van der Waals surface area contributed by atoms with E-state index in [2.05, 4.69) is 13.0 Å². The second-order valence-corrected chi connectivity index (χ2v) is 4.20. The van der Waals surface area contributed by atoms with Gasteiger partial charge in [-0.2, -0.15) is 15.8 Å². The summed E-state index contributed by atoms with van der Waals surface area (Å²) in [6.45, 7) is 2.15. The Morgan fingerprint density at radius 2 is 1.44 bits per heavy atom. The molecule has 1 aromatic rings. The van der Waals surface area contributed by atoms with Crippen molar-refractivity contribution in [3.05, 3.63) is 34.4 Å². The van der Waals surface area contributed by atoms with Crippen molar-refractivity contribution in [2.75, 3.05) is 0 Å². The van der Waals surface area contributed by atoms with Gasteiger partial charge >= 0.3 is 0 Å². The SMILES string of the molecule is CCCCCCc1cc(C#N)c(C#N)cc1C#N. The van der Waals surface area contributed by atoms with Gasteiger partial charge in [0.1, 0.15) is 12.1 Å². The summed E-state index contributed by atoms with van der Waals surface area (Å²) < 4.78 is 0. The second-order valence-electron chi connectivity index (χ2n) is 4.20. The number of hydrogen-bond donors (Lipinski definition) is 0. The highest BCUT2D eigenvalue weighted by atomic mass is 14.3. The molecule has 18 heavy (non-hydrogen) atoms. The molecule has 90 valence electrons. The molecule has 0 aliphatic carbocycles. The first-order valence-electron chi connectivity index (χ1n) is 6.14. The fraction of sp³-hybridized carbons (Fsp3) is 0.400. The fourth-order valence-electron chi connectivity index (χ4n) is 1.88. The van der Waals surface area contributed by atoms with Crippen molar-refractivity contribution in [3.8, 4) is 18.2 Å². The smallest absolute Gasteiger partial charge is 0.101 e. The monoisotopic (exact) mass is 237 g/mol. The van der Waals surface area contributed by atoms with E-state index in [1.165, 1.54) is 18.9 Å². The van der Waals surface area contributed by atoms with Crippen LogP contribution in [0.15, 0.2) is 12.1 Å². The minimum atomic E-state index is 0.284. The van der Waals surface area contributed by atoms with E-state index < -0.39 is 0 Å². The topological polar surface area (TPSA) is 71.4 Å². The lowest BCUT2D eigenvalue weighted by molar-refractivity contribution is 0.666. The van der Waals surface area contributed by atoms with Crippen LogP contribution in [0.5, 0.6) is 0 Å². The van der Waals surface area contributed by atoms with Gasteiger partial charge in [-0.25, -0.2) is 0 Å². The normalized spacial score (nSPS) is 9.22. The molecule has 1 rings (SSSR count). The second kappa shape index (κ2) is 7.10. The number of hydrogen-bond acceptors (Lipinski definition) is 3. The van der Waals surface area contributed by atoms with Gasteiger partial charge in [-0.1, -0.05) is 26.2 Å². The number of benzene rings is 1. The van der Waals surface area contributed by atoms with Gasteiger partial charge in [0.2, 0.25) is 0 Å². The largest absolute Gasteiger partial charge is 0.192 e. The van der Waals surface area contributed by atoms with Gasteiger partial charge in [0.05, 0.1) is 22.8 Å². The molecule has 0 N–H and O–H groups in total. The molecule has 0 amide bonds. The predicted octanol–water partition coefficient (Wildman–Crippen LogP) is 3.42. The van der Waals surface area contributed by atoms with Crippen LogP contribution in [0.4, 0.5) is 0 Å². The zero-order valence-electron chi connectivity index (χ0n) is 10.5. The van der Waals surface area contributed by atoms with Gasteiger partial charge in [-0.3, -0.25) is 0 Å². The molecule has 3 heteroatoms. The molecule has 0 unspecified atom stereocenters. The highest BCUT2D eigenvalue weighted by Gasteiger charge is 2.09. The fourth-order valence-corrected chi connectivity index (χ4v) is 1.88. The molecule has 0 aromatic heterocycles. The van der Waals surface area contributed by atoms with Gasteiger partial charge < -0.3 is 0 Å². The van der Waals surface area contributed by atoms with E-state index in [4.69, 9.17) is 15.8 Å². The first-order valence-corrected chi connectivity index (χ1v) is 6.14. The van der Waals surface area contributed by atoms with Crippen molar-refractivity contribution in [1.29, 1.82) is 15.8 Å². The number of rotatable bonds is 5. The van der Waals surface area contributed by atoms with Gasteiger partial charge in [0.15, 0.2) is 0 Å². The van der Waals surface area contributed by atoms with E-state index in [0.717, 1.165) is 24.8 Å². The van der Waals surface area contributed by atoms with Crippen LogP contribution >= 0.6 is 0 Å². The Morgan fingerprint density at radius 1 is 0.833 bits per heavy atom. The summed E-state index contributed by atoms with van der Waals surface area (Å²) in [5.41, 5.74) is 2.04. The average Bonchev–Trinajstić information content (AvgIpc) is 2.42. The third kappa shape index (κ3) is 3.34. The van der Waals surface area contributed by atoms with E-state index in [0.29, 0.717) is 11.1 Å². The van der Waals surface area contributed by atoms with Crippen LogP contribution < -0.4 is 0 Å². The van der Waals surface area contributed by atoms with E-state index in [-0.39, 0.29) is 5.56 Å². The minimum absolute atomic E-state index is 0.284. The Labute approximate surface area is 108 Å². The van der Waals surface area contributed by atoms with Crippen LogP contribution in [0.3, 0.4) is 0 Å².